The van der Waals surface area contributed by atoms with Gasteiger partial charge in [0, 0.05) is 44.3 Å². The minimum Gasteiger partial charge on any atom is -0.355 e. The first-order chi connectivity index (χ1) is 14.2. The number of rotatable bonds is 4. The molecule has 1 unspecified atom stereocenters. The number of hydrogen-bond acceptors (Lipinski definition) is 3. The van der Waals surface area contributed by atoms with Crippen molar-refractivity contribution in [1.82, 2.24) is 9.80 Å². The zero-order valence-electron chi connectivity index (χ0n) is 16.7. The molecule has 150 valence electrons. The van der Waals surface area contributed by atoms with Crippen LogP contribution in [-0.4, -0.2) is 54.3 Å². The van der Waals surface area contributed by atoms with Gasteiger partial charge < -0.3 is 14.7 Å². The molecule has 1 saturated carbocycles. The Hall–Kier alpha value is -2.82. The van der Waals surface area contributed by atoms with Gasteiger partial charge in [-0.2, -0.15) is 0 Å². The van der Waals surface area contributed by atoms with E-state index in [1.807, 2.05) is 34.1 Å². The molecule has 0 aromatic heterocycles. The molecule has 2 fully saturated rings. The number of carbonyl (C=O) groups excluding carboxylic acids is 2. The summed E-state index contributed by atoms with van der Waals surface area (Å²) in [6, 6.07) is 18.2. The van der Waals surface area contributed by atoms with Crippen molar-refractivity contribution in [3.8, 4) is 0 Å². The summed E-state index contributed by atoms with van der Waals surface area (Å²) in [5.41, 5.74) is 3.50. The van der Waals surface area contributed by atoms with Gasteiger partial charge in [0.2, 0.25) is 11.8 Å². The lowest BCUT2D eigenvalue weighted by Gasteiger charge is -2.39. The molecule has 0 bridgehead atoms. The van der Waals surface area contributed by atoms with Crippen LogP contribution in [0, 0.1) is 5.92 Å². The number of benzene rings is 2. The average Bonchev–Trinajstić information content (AvgIpc) is 3.55. The lowest BCUT2D eigenvalue weighted by molar-refractivity contribution is -0.141. The van der Waals surface area contributed by atoms with Gasteiger partial charge in [0.15, 0.2) is 0 Å². The summed E-state index contributed by atoms with van der Waals surface area (Å²) in [4.78, 5) is 32.2. The van der Waals surface area contributed by atoms with Crippen molar-refractivity contribution in [3.63, 3.8) is 0 Å². The van der Waals surface area contributed by atoms with E-state index in [4.69, 9.17) is 0 Å². The molecule has 5 nitrogen and oxygen atoms in total. The number of carbonyl (C=O) groups is 2. The van der Waals surface area contributed by atoms with Gasteiger partial charge in [-0.15, -0.1) is 0 Å². The second-order valence-electron chi connectivity index (χ2n) is 8.31. The van der Waals surface area contributed by atoms with Gasteiger partial charge in [-0.05, 0) is 36.5 Å². The van der Waals surface area contributed by atoms with E-state index in [1.165, 1.54) is 5.56 Å². The van der Waals surface area contributed by atoms with Gasteiger partial charge in [-0.25, -0.2) is 0 Å². The van der Waals surface area contributed by atoms with E-state index in [-0.39, 0.29) is 23.8 Å². The third-order valence-corrected chi connectivity index (χ3v) is 6.41. The van der Waals surface area contributed by atoms with Crippen LogP contribution in [0.4, 0.5) is 5.69 Å². The van der Waals surface area contributed by atoms with Gasteiger partial charge in [0.05, 0.1) is 0 Å². The predicted octanol–water partition coefficient (Wildman–Crippen LogP) is 2.87. The van der Waals surface area contributed by atoms with Gasteiger partial charge in [-0.3, -0.25) is 9.59 Å². The molecule has 5 heteroatoms. The molecule has 2 amide bonds. The predicted molar refractivity (Wildman–Crippen MR) is 113 cm³/mol. The minimum absolute atomic E-state index is 0.145. The molecule has 0 N–H and O–H groups in total. The lowest BCUT2D eigenvalue weighted by atomic mass is 10.0. The first kappa shape index (κ1) is 18.2. The van der Waals surface area contributed by atoms with Crippen LogP contribution < -0.4 is 4.90 Å². The highest BCUT2D eigenvalue weighted by Crippen LogP contribution is 2.36. The third-order valence-electron chi connectivity index (χ3n) is 6.41. The van der Waals surface area contributed by atoms with Gasteiger partial charge in [0.1, 0.15) is 6.04 Å². The van der Waals surface area contributed by atoms with Crippen molar-refractivity contribution in [2.45, 2.75) is 25.3 Å². The summed E-state index contributed by atoms with van der Waals surface area (Å²) in [6.07, 6.45) is 3.03. The lowest BCUT2D eigenvalue weighted by Crippen LogP contribution is -2.53. The quantitative estimate of drug-likeness (QED) is 0.808. The van der Waals surface area contributed by atoms with Gasteiger partial charge in [0.25, 0.3) is 0 Å². The number of fused-ring (bicyclic) bond motifs is 1. The number of para-hydroxylation sites is 1. The zero-order chi connectivity index (χ0) is 19.8. The molecule has 0 spiro atoms. The van der Waals surface area contributed by atoms with E-state index in [0.717, 1.165) is 37.1 Å². The molecule has 2 aliphatic heterocycles. The monoisotopic (exact) mass is 389 g/mol. The summed E-state index contributed by atoms with van der Waals surface area (Å²) in [5, 5.41) is 0. The van der Waals surface area contributed by atoms with Gasteiger partial charge >= 0.3 is 0 Å². The van der Waals surface area contributed by atoms with Crippen LogP contribution >= 0.6 is 0 Å². The molecule has 2 heterocycles. The van der Waals surface area contributed by atoms with E-state index >= 15 is 0 Å². The van der Waals surface area contributed by atoms with E-state index in [1.54, 1.807) is 0 Å². The van der Waals surface area contributed by atoms with Crippen LogP contribution in [0.1, 0.15) is 30.0 Å². The normalized spacial score (nSPS) is 19.8. The van der Waals surface area contributed by atoms with Crippen LogP contribution in [0.5, 0.6) is 0 Å². The number of amides is 2. The Bertz CT molecular complexity index is 901. The Balaban J connectivity index is 1.37. The Labute approximate surface area is 171 Å². The second kappa shape index (κ2) is 7.54. The van der Waals surface area contributed by atoms with Crippen LogP contribution in [0.15, 0.2) is 54.6 Å². The Morgan fingerprint density at radius 1 is 0.793 bits per heavy atom. The fourth-order valence-electron chi connectivity index (χ4n) is 4.63. The number of anilines is 1. The number of nitrogens with zero attached hydrogens (tertiary/aromatic N) is 3. The Kier molecular flexibility index (Phi) is 4.74. The number of piperazine rings is 1. The van der Waals surface area contributed by atoms with Gasteiger partial charge in [-0.1, -0.05) is 48.5 Å². The molecule has 5 rings (SSSR count). The highest BCUT2D eigenvalue weighted by atomic mass is 16.2. The first-order valence-corrected chi connectivity index (χ1v) is 10.7. The van der Waals surface area contributed by atoms with E-state index in [9.17, 15) is 9.59 Å². The van der Waals surface area contributed by atoms with Crippen molar-refractivity contribution >= 4 is 17.5 Å². The van der Waals surface area contributed by atoms with E-state index in [0.29, 0.717) is 26.2 Å². The van der Waals surface area contributed by atoms with Crippen LogP contribution in [-0.2, 0) is 16.0 Å². The maximum Gasteiger partial charge on any atom is 0.250 e. The van der Waals surface area contributed by atoms with Crippen molar-refractivity contribution < 1.29 is 9.59 Å². The minimum atomic E-state index is -0.314. The molecule has 1 saturated heterocycles. The number of hydrogen-bond donors (Lipinski definition) is 0. The van der Waals surface area contributed by atoms with Crippen molar-refractivity contribution in [2.24, 2.45) is 5.92 Å². The summed E-state index contributed by atoms with van der Waals surface area (Å²) < 4.78 is 0. The maximum absolute atomic E-state index is 13.7. The maximum atomic E-state index is 13.7. The highest BCUT2D eigenvalue weighted by Gasteiger charge is 2.38. The summed E-state index contributed by atoms with van der Waals surface area (Å²) in [6.45, 7) is 3.40. The molecule has 0 radical (unpaired) electrons. The largest absolute Gasteiger partial charge is 0.355 e. The SMILES string of the molecule is O=C(C1CC1)N1CCN(C(=O)C(c2ccccc2)N2CCc3ccccc32)CC1. The van der Waals surface area contributed by atoms with E-state index in [2.05, 4.69) is 35.2 Å². The smallest absolute Gasteiger partial charge is 0.250 e. The summed E-state index contributed by atoms with van der Waals surface area (Å²) >= 11 is 0. The second-order valence-corrected chi connectivity index (χ2v) is 8.31. The Morgan fingerprint density at radius 2 is 1.45 bits per heavy atom. The molecule has 3 aliphatic rings. The van der Waals surface area contributed by atoms with Crippen molar-refractivity contribution in [2.75, 3.05) is 37.6 Å². The van der Waals surface area contributed by atoms with Crippen molar-refractivity contribution in [3.05, 3.63) is 65.7 Å². The molecule has 1 atom stereocenters. The van der Waals surface area contributed by atoms with Crippen molar-refractivity contribution in [1.29, 1.82) is 0 Å². The van der Waals surface area contributed by atoms with Crippen LogP contribution in [0.3, 0.4) is 0 Å². The average molecular weight is 389 g/mol. The van der Waals surface area contributed by atoms with E-state index < -0.39 is 0 Å². The summed E-state index contributed by atoms with van der Waals surface area (Å²) in [7, 11) is 0. The molecule has 1 aliphatic carbocycles. The molecular formula is C24H27N3O2. The molecule has 2 aromatic rings. The molecule has 2 aromatic carbocycles. The fraction of sp³-hybridized carbons (Fsp3) is 0.417. The summed E-state index contributed by atoms with van der Waals surface area (Å²) in [5.74, 6) is 0.673. The van der Waals surface area contributed by atoms with Crippen LogP contribution in [0.2, 0.25) is 0 Å². The third kappa shape index (κ3) is 3.50. The highest BCUT2D eigenvalue weighted by molar-refractivity contribution is 5.88. The standard InChI is InChI=1S/C24H27N3O2/c28-23(20-10-11-20)25-14-16-26(17-15-25)24(29)22(19-7-2-1-3-8-19)27-13-12-18-6-4-5-9-21(18)27/h1-9,20,22H,10-17H2. The van der Waals surface area contributed by atoms with Crippen LogP contribution in [0.25, 0.3) is 0 Å². The topological polar surface area (TPSA) is 43.9 Å². The Morgan fingerprint density at radius 3 is 2.17 bits per heavy atom. The first-order valence-electron chi connectivity index (χ1n) is 10.7. The molecule has 29 heavy (non-hydrogen) atoms. The molecular weight excluding hydrogens is 362 g/mol. The fourth-order valence-corrected chi connectivity index (χ4v) is 4.63. The zero-order valence-corrected chi connectivity index (χ0v) is 16.7.